The van der Waals surface area contributed by atoms with Crippen LogP contribution in [0.5, 0.6) is 5.75 Å². The number of ketones is 1. The topological polar surface area (TPSA) is 128 Å². The van der Waals surface area contributed by atoms with Gasteiger partial charge in [-0.15, -0.1) is 10.2 Å². The molecule has 11 heteroatoms. The van der Waals surface area contributed by atoms with E-state index in [2.05, 4.69) is 15.5 Å². The number of methoxy groups -OCH3 is 1. The quantitative estimate of drug-likeness (QED) is 0.370. The number of Topliss-reactive ketones (excluding diaryl/α,β-unsaturated/α-hetero) is 1. The van der Waals surface area contributed by atoms with Gasteiger partial charge in [0.25, 0.3) is 0 Å². The summed E-state index contributed by atoms with van der Waals surface area (Å²) in [5, 5.41) is 10.2. The summed E-state index contributed by atoms with van der Waals surface area (Å²) in [6.07, 6.45) is 0. The van der Waals surface area contributed by atoms with Crippen LogP contribution in [-0.4, -0.2) is 34.1 Å². The van der Waals surface area contributed by atoms with Crippen LogP contribution in [0.3, 0.4) is 0 Å². The van der Waals surface area contributed by atoms with E-state index in [0.29, 0.717) is 20.9 Å². The third-order valence-corrected chi connectivity index (χ3v) is 4.88. The lowest BCUT2D eigenvalue weighted by Gasteiger charge is -1.98. The fourth-order valence-electron chi connectivity index (χ4n) is 1.90. The number of nitrogens with two attached hydrogens (primary N) is 1. The average molecular weight is 366 g/mol. The van der Waals surface area contributed by atoms with Crippen LogP contribution in [-0.2, 0) is 0 Å². The van der Waals surface area contributed by atoms with Crippen molar-refractivity contribution in [2.45, 2.75) is 4.34 Å². The molecule has 2 heterocycles. The third kappa shape index (κ3) is 3.31. The summed E-state index contributed by atoms with van der Waals surface area (Å²) in [5.41, 5.74) is 5.21. The maximum Gasteiger partial charge on any atom is 0.438 e. The summed E-state index contributed by atoms with van der Waals surface area (Å²) in [7, 11) is 1.55. The number of hydrogen-bond donors (Lipinski definition) is 2. The van der Waals surface area contributed by atoms with E-state index < -0.39 is 11.4 Å². The fourth-order valence-corrected chi connectivity index (χ4v) is 3.40. The van der Waals surface area contributed by atoms with Crippen molar-refractivity contribution in [3.8, 4) is 11.4 Å². The van der Waals surface area contributed by atoms with Crippen molar-refractivity contribution in [3.63, 3.8) is 0 Å². The van der Waals surface area contributed by atoms with Crippen LogP contribution >= 0.6 is 23.1 Å². The van der Waals surface area contributed by atoms with Crippen LogP contribution < -0.4 is 20.8 Å². The Labute approximate surface area is 143 Å². The van der Waals surface area contributed by atoms with Gasteiger partial charge in [-0.3, -0.25) is 9.32 Å². The van der Waals surface area contributed by atoms with E-state index in [1.165, 1.54) is 16.0 Å². The molecule has 0 atom stereocenters. The van der Waals surface area contributed by atoms with Crippen LogP contribution in [0.15, 0.2) is 37.9 Å². The summed E-state index contributed by atoms with van der Waals surface area (Å²) in [5.74, 6) is 0.259. The number of anilines is 1. The zero-order valence-electron chi connectivity index (χ0n) is 12.4. The van der Waals surface area contributed by atoms with Gasteiger partial charge in [0.15, 0.2) is 4.34 Å². The SMILES string of the molecule is COc1ccc(-[n+]2[nH]oc(=O)c2C(=O)CSc2nnc(N)s2)cc1. The molecule has 0 spiro atoms. The first kappa shape index (κ1) is 16.2. The van der Waals surface area contributed by atoms with E-state index in [-0.39, 0.29) is 11.4 Å². The number of carbonyl (C=O) groups is 1. The van der Waals surface area contributed by atoms with Gasteiger partial charge >= 0.3 is 11.3 Å². The van der Waals surface area contributed by atoms with Crippen LogP contribution in [0.1, 0.15) is 10.5 Å². The van der Waals surface area contributed by atoms with E-state index >= 15 is 0 Å². The normalized spacial score (nSPS) is 10.7. The molecule has 0 aliphatic carbocycles. The van der Waals surface area contributed by atoms with Crippen molar-refractivity contribution < 1.29 is 18.7 Å². The van der Waals surface area contributed by atoms with Crippen LogP contribution in [0, 0.1) is 0 Å². The molecule has 0 saturated heterocycles. The van der Waals surface area contributed by atoms with Gasteiger partial charge in [-0.05, 0) is 22.1 Å². The summed E-state index contributed by atoms with van der Waals surface area (Å²) in [6.45, 7) is 0. The van der Waals surface area contributed by atoms with E-state index in [0.717, 1.165) is 11.8 Å². The molecule has 2 aromatic heterocycles. The number of thioether (sulfide) groups is 1. The smallest absolute Gasteiger partial charge is 0.438 e. The lowest BCUT2D eigenvalue weighted by atomic mass is 10.2. The van der Waals surface area contributed by atoms with Gasteiger partial charge in [-0.25, -0.2) is 4.79 Å². The summed E-state index contributed by atoms with van der Waals surface area (Å²) >= 11 is 2.33. The highest BCUT2D eigenvalue weighted by Crippen LogP contribution is 2.23. The Morgan fingerprint density at radius 2 is 2.17 bits per heavy atom. The van der Waals surface area contributed by atoms with E-state index in [4.69, 9.17) is 15.0 Å². The van der Waals surface area contributed by atoms with Crippen LogP contribution in [0.4, 0.5) is 5.13 Å². The van der Waals surface area contributed by atoms with E-state index in [1.54, 1.807) is 31.4 Å². The molecular weight excluding hydrogens is 354 g/mol. The molecule has 3 N–H and O–H groups in total. The Morgan fingerprint density at radius 1 is 1.42 bits per heavy atom. The fraction of sp³-hybridized carbons (Fsp3) is 0.154. The van der Waals surface area contributed by atoms with Gasteiger partial charge < -0.3 is 10.5 Å². The number of aromatic amines is 1. The highest BCUT2D eigenvalue weighted by molar-refractivity contribution is 8.01. The Hall–Kier alpha value is -2.66. The van der Waals surface area contributed by atoms with Crippen molar-refractivity contribution in [2.75, 3.05) is 18.6 Å². The molecule has 0 aliphatic heterocycles. The van der Waals surface area contributed by atoms with Crippen molar-refractivity contribution in [2.24, 2.45) is 0 Å². The van der Waals surface area contributed by atoms with Crippen LogP contribution in [0.25, 0.3) is 5.69 Å². The standard InChI is InChI=1S/C13H11N5O4S2/c1-21-8-4-2-7(3-5-8)18-10(11(20)22-17-18)9(19)6-23-13-16-15-12(14)24-13/h2-5H,6H2,1H3,(H2-,14,15,17,19,20)/p+1. The number of nitrogens with zero attached hydrogens (tertiary/aromatic N) is 3. The lowest BCUT2D eigenvalue weighted by molar-refractivity contribution is -0.672. The highest BCUT2D eigenvalue weighted by Gasteiger charge is 2.30. The minimum atomic E-state index is -0.742. The largest absolute Gasteiger partial charge is 0.497 e. The third-order valence-electron chi connectivity index (χ3n) is 2.99. The van der Waals surface area contributed by atoms with Crippen molar-refractivity contribution in [3.05, 3.63) is 40.4 Å². The van der Waals surface area contributed by atoms with Crippen molar-refractivity contribution >= 4 is 34.0 Å². The Bertz CT molecular complexity index is 915. The van der Waals surface area contributed by atoms with Gasteiger partial charge in [0.05, 0.1) is 12.9 Å². The summed E-state index contributed by atoms with van der Waals surface area (Å²) in [4.78, 5) is 24.3. The van der Waals surface area contributed by atoms with E-state index in [9.17, 15) is 9.59 Å². The number of nitrogens with one attached hydrogen (secondary N) is 1. The number of benzene rings is 1. The molecule has 0 radical (unpaired) electrons. The zero-order valence-corrected chi connectivity index (χ0v) is 14.0. The molecule has 0 fully saturated rings. The van der Waals surface area contributed by atoms with Gasteiger partial charge in [-0.1, -0.05) is 23.1 Å². The molecular formula is C13H12N5O4S2+. The molecule has 9 nitrogen and oxygen atoms in total. The Morgan fingerprint density at radius 3 is 2.79 bits per heavy atom. The number of hydrogen-bond acceptors (Lipinski definition) is 9. The molecule has 3 rings (SSSR count). The first-order chi connectivity index (χ1) is 11.6. The number of H-pyrrole nitrogens is 1. The van der Waals surface area contributed by atoms with Crippen molar-refractivity contribution in [1.29, 1.82) is 0 Å². The number of rotatable bonds is 6. The lowest BCUT2D eigenvalue weighted by Crippen LogP contribution is -2.41. The zero-order chi connectivity index (χ0) is 17.1. The van der Waals surface area contributed by atoms with Crippen LogP contribution in [0.2, 0.25) is 0 Å². The molecule has 1 aromatic carbocycles. The second-order valence-corrected chi connectivity index (χ2v) is 6.71. The molecule has 0 unspecified atom stereocenters. The van der Waals surface area contributed by atoms with Crippen molar-refractivity contribution in [1.82, 2.24) is 15.5 Å². The number of carbonyl (C=O) groups excluding carboxylic acids is 1. The van der Waals surface area contributed by atoms with E-state index in [1.807, 2.05) is 0 Å². The minimum Gasteiger partial charge on any atom is -0.497 e. The highest BCUT2D eigenvalue weighted by atomic mass is 32.2. The predicted octanol–water partition coefficient (Wildman–Crippen LogP) is 0.662. The molecule has 124 valence electrons. The molecule has 0 amide bonds. The van der Waals surface area contributed by atoms with Gasteiger partial charge in [0.2, 0.25) is 16.6 Å². The molecule has 3 aromatic rings. The predicted molar refractivity (Wildman–Crippen MR) is 86.8 cm³/mol. The Kier molecular flexibility index (Phi) is 4.62. The second-order valence-electron chi connectivity index (χ2n) is 4.48. The molecule has 24 heavy (non-hydrogen) atoms. The summed E-state index contributed by atoms with van der Waals surface area (Å²) in [6, 6.07) is 6.81. The maximum absolute atomic E-state index is 12.4. The monoisotopic (exact) mass is 366 g/mol. The minimum absolute atomic E-state index is 0.00734. The summed E-state index contributed by atoms with van der Waals surface area (Å²) < 4.78 is 11.7. The number of nitrogen functional groups attached to an aromatic ring is 1. The Balaban J connectivity index is 1.83. The molecule has 0 saturated carbocycles. The average Bonchev–Trinajstić information content (AvgIpc) is 3.18. The number of ether oxygens (including phenoxy) is 1. The van der Waals surface area contributed by atoms with Gasteiger partial charge in [0.1, 0.15) is 5.75 Å². The van der Waals surface area contributed by atoms with Gasteiger partial charge in [0, 0.05) is 12.1 Å². The first-order valence-corrected chi connectivity index (χ1v) is 8.41. The molecule has 0 aliphatic rings. The van der Waals surface area contributed by atoms with Gasteiger partial charge in [-0.2, -0.15) is 0 Å². The first-order valence-electron chi connectivity index (χ1n) is 6.61. The molecule has 0 bridgehead atoms. The maximum atomic E-state index is 12.4. The number of aromatic nitrogens is 4. The second kappa shape index (κ2) is 6.84.